The first-order chi connectivity index (χ1) is 12.6. The standard InChI is InChI=1S/C22H32N2O2/c23-22(24)18-12-10-16(11-13-18)6-4-5-9-20-14-19(15-21(25)26-20)17-7-2-1-3-8-17/h10-13,17,19-20H,1-9,14-15H2,(H3,23,24)/t19-,20+/m1/s1. The molecule has 0 amide bonds. The van der Waals surface area contributed by atoms with Crippen LogP contribution < -0.4 is 5.73 Å². The zero-order valence-corrected chi connectivity index (χ0v) is 15.7. The van der Waals surface area contributed by atoms with Crippen molar-refractivity contribution < 1.29 is 9.53 Å². The first-order valence-corrected chi connectivity index (χ1v) is 10.2. The number of benzene rings is 1. The Bertz CT molecular complexity index is 605. The Kier molecular flexibility index (Phi) is 6.70. The Morgan fingerprint density at radius 2 is 1.81 bits per heavy atom. The van der Waals surface area contributed by atoms with Crippen LogP contribution >= 0.6 is 0 Å². The van der Waals surface area contributed by atoms with Crippen LogP contribution in [0, 0.1) is 17.2 Å². The molecule has 3 N–H and O–H groups in total. The monoisotopic (exact) mass is 356 g/mol. The smallest absolute Gasteiger partial charge is 0.306 e. The number of hydrogen-bond acceptors (Lipinski definition) is 3. The number of carbonyl (C=O) groups excluding carboxylic acids is 1. The van der Waals surface area contributed by atoms with Gasteiger partial charge in [0.05, 0.1) is 0 Å². The summed E-state index contributed by atoms with van der Waals surface area (Å²) < 4.78 is 5.63. The molecule has 4 nitrogen and oxygen atoms in total. The molecule has 1 aromatic carbocycles. The van der Waals surface area contributed by atoms with Crippen molar-refractivity contribution in [2.75, 3.05) is 0 Å². The predicted molar refractivity (Wildman–Crippen MR) is 104 cm³/mol. The Balaban J connectivity index is 1.40. The van der Waals surface area contributed by atoms with E-state index in [-0.39, 0.29) is 17.9 Å². The molecule has 4 heteroatoms. The van der Waals surface area contributed by atoms with Crippen molar-refractivity contribution in [1.82, 2.24) is 0 Å². The fraction of sp³-hybridized carbons (Fsp3) is 0.636. The van der Waals surface area contributed by atoms with Crippen LogP contribution in [0.4, 0.5) is 0 Å². The lowest BCUT2D eigenvalue weighted by Crippen LogP contribution is -2.34. The van der Waals surface area contributed by atoms with Crippen molar-refractivity contribution in [3.8, 4) is 0 Å². The minimum absolute atomic E-state index is 0.0247. The van der Waals surface area contributed by atoms with E-state index in [1.165, 1.54) is 37.7 Å². The van der Waals surface area contributed by atoms with Crippen LogP contribution in [0.15, 0.2) is 24.3 Å². The molecule has 3 rings (SSSR count). The largest absolute Gasteiger partial charge is 0.462 e. The summed E-state index contributed by atoms with van der Waals surface area (Å²) in [6.07, 6.45) is 12.7. The summed E-state index contributed by atoms with van der Waals surface area (Å²) in [5.41, 5.74) is 7.53. The summed E-state index contributed by atoms with van der Waals surface area (Å²) in [4.78, 5) is 12.0. The lowest BCUT2D eigenvalue weighted by Gasteiger charge is -2.35. The second kappa shape index (κ2) is 9.20. The fourth-order valence-electron chi connectivity index (χ4n) is 4.61. The zero-order valence-electron chi connectivity index (χ0n) is 15.7. The lowest BCUT2D eigenvalue weighted by molar-refractivity contribution is -0.159. The maximum atomic E-state index is 12.0. The van der Waals surface area contributed by atoms with Crippen molar-refractivity contribution in [3.63, 3.8) is 0 Å². The van der Waals surface area contributed by atoms with Gasteiger partial charge in [-0.05, 0) is 49.5 Å². The molecule has 1 heterocycles. The molecule has 0 bridgehead atoms. The van der Waals surface area contributed by atoms with E-state index in [1.54, 1.807) is 0 Å². The van der Waals surface area contributed by atoms with Crippen LogP contribution in [0.25, 0.3) is 0 Å². The topological polar surface area (TPSA) is 76.2 Å². The van der Waals surface area contributed by atoms with Gasteiger partial charge in [0, 0.05) is 12.0 Å². The normalized spacial score (nSPS) is 24.2. The molecule has 0 unspecified atom stereocenters. The molecule has 2 aliphatic rings. The van der Waals surface area contributed by atoms with E-state index < -0.39 is 0 Å². The van der Waals surface area contributed by atoms with Gasteiger partial charge >= 0.3 is 5.97 Å². The number of carbonyl (C=O) groups is 1. The van der Waals surface area contributed by atoms with Gasteiger partial charge in [-0.25, -0.2) is 0 Å². The van der Waals surface area contributed by atoms with Crippen LogP contribution in [-0.4, -0.2) is 17.9 Å². The number of aryl methyl sites for hydroxylation is 1. The van der Waals surface area contributed by atoms with Crippen molar-refractivity contribution in [1.29, 1.82) is 5.41 Å². The Morgan fingerprint density at radius 3 is 2.50 bits per heavy atom. The average molecular weight is 357 g/mol. The molecule has 142 valence electrons. The summed E-state index contributed by atoms with van der Waals surface area (Å²) >= 11 is 0. The Labute approximate surface area is 157 Å². The number of nitrogens with two attached hydrogens (primary N) is 1. The van der Waals surface area contributed by atoms with Gasteiger partial charge in [0.15, 0.2) is 0 Å². The summed E-state index contributed by atoms with van der Waals surface area (Å²) in [7, 11) is 0. The van der Waals surface area contributed by atoms with Crippen molar-refractivity contribution in [2.24, 2.45) is 17.6 Å². The molecule has 1 aromatic rings. The molecule has 1 aliphatic heterocycles. The molecule has 2 fully saturated rings. The maximum absolute atomic E-state index is 12.0. The molecular weight excluding hydrogens is 324 g/mol. The van der Waals surface area contributed by atoms with Gasteiger partial charge in [-0.2, -0.15) is 0 Å². The van der Waals surface area contributed by atoms with Gasteiger partial charge in [0.1, 0.15) is 11.9 Å². The van der Waals surface area contributed by atoms with Crippen LogP contribution in [0.3, 0.4) is 0 Å². The molecule has 0 aromatic heterocycles. The Morgan fingerprint density at radius 1 is 1.08 bits per heavy atom. The third-order valence-corrected chi connectivity index (χ3v) is 6.12. The van der Waals surface area contributed by atoms with Crippen LogP contribution in [0.2, 0.25) is 0 Å². The number of unbranched alkanes of at least 4 members (excludes halogenated alkanes) is 1. The van der Waals surface area contributed by atoms with Gasteiger partial charge in [-0.1, -0.05) is 56.4 Å². The molecule has 26 heavy (non-hydrogen) atoms. The second-order valence-electron chi connectivity index (χ2n) is 8.07. The van der Waals surface area contributed by atoms with E-state index in [1.807, 2.05) is 12.1 Å². The summed E-state index contributed by atoms with van der Waals surface area (Å²) in [6, 6.07) is 7.93. The predicted octanol–water partition coefficient (Wildman–Crippen LogP) is 4.59. The van der Waals surface area contributed by atoms with Crippen LogP contribution in [0.1, 0.15) is 75.3 Å². The third kappa shape index (κ3) is 5.33. The number of cyclic esters (lactones) is 1. The third-order valence-electron chi connectivity index (χ3n) is 6.12. The summed E-state index contributed by atoms with van der Waals surface area (Å²) in [5.74, 6) is 1.44. The molecular formula is C22H32N2O2. The highest BCUT2D eigenvalue weighted by Gasteiger charge is 2.33. The van der Waals surface area contributed by atoms with E-state index >= 15 is 0 Å². The Hall–Kier alpha value is -1.84. The van der Waals surface area contributed by atoms with E-state index in [0.29, 0.717) is 12.3 Å². The highest BCUT2D eigenvalue weighted by atomic mass is 16.5. The van der Waals surface area contributed by atoms with Crippen molar-refractivity contribution in [3.05, 3.63) is 35.4 Å². The molecule has 1 saturated heterocycles. The van der Waals surface area contributed by atoms with E-state index in [0.717, 1.165) is 43.6 Å². The summed E-state index contributed by atoms with van der Waals surface area (Å²) in [5, 5.41) is 7.43. The molecule has 0 radical (unpaired) electrons. The SMILES string of the molecule is N=C(N)c1ccc(CCCC[C@H]2C[C@@H](C3CCCCC3)CC(=O)O2)cc1. The first-order valence-electron chi connectivity index (χ1n) is 10.2. The van der Waals surface area contributed by atoms with E-state index in [9.17, 15) is 4.79 Å². The minimum Gasteiger partial charge on any atom is -0.462 e. The number of rotatable bonds is 7. The number of ether oxygens (including phenoxy) is 1. The van der Waals surface area contributed by atoms with Gasteiger partial charge in [0.2, 0.25) is 0 Å². The average Bonchev–Trinajstić information content (AvgIpc) is 2.66. The van der Waals surface area contributed by atoms with Gasteiger partial charge in [-0.15, -0.1) is 0 Å². The van der Waals surface area contributed by atoms with Gasteiger partial charge < -0.3 is 10.5 Å². The van der Waals surface area contributed by atoms with E-state index in [2.05, 4.69) is 12.1 Å². The minimum atomic E-state index is 0.0247. The summed E-state index contributed by atoms with van der Waals surface area (Å²) in [6.45, 7) is 0. The number of amidine groups is 1. The number of nitrogen functional groups attached to an aromatic ring is 1. The lowest BCUT2D eigenvalue weighted by atomic mass is 9.75. The zero-order chi connectivity index (χ0) is 18.4. The van der Waals surface area contributed by atoms with Gasteiger partial charge in [0.25, 0.3) is 0 Å². The quantitative estimate of drug-likeness (QED) is 0.325. The highest BCUT2D eigenvalue weighted by Crippen LogP contribution is 2.37. The molecule has 0 spiro atoms. The maximum Gasteiger partial charge on any atom is 0.306 e. The van der Waals surface area contributed by atoms with Crippen LogP contribution in [-0.2, 0) is 16.0 Å². The van der Waals surface area contributed by atoms with Crippen molar-refractivity contribution in [2.45, 2.75) is 76.7 Å². The van der Waals surface area contributed by atoms with E-state index in [4.69, 9.17) is 15.9 Å². The first kappa shape index (κ1) is 18.9. The number of esters is 1. The second-order valence-corrected chi connectivity index (χ2v) is 8.07. The highest BCUT2D eigenvalue weighted by molar-refractivity contribution is 5.94. The molecule has 1 saturated carbocycles. The molecule has 1 aliphatic carbocycles. The number of hydrogen-bond donors (Lipinski definition) is 2. The van der Waals surface area contributed by atoms with Gasteiger partial charge in [-0.3, -0.25) is 10.2 Å². The van der Waals surface area contributed by atoms with Crippen molar-refractivity contribution >= 4 is 11.8 Å². The molecule has 2 atom stereocenters. The van der Waals surface area contributed by atoms with Crippen LogP contribution in [0.5, 0.6) is 0 Å². The fourth-order valence-corrected chi connectivity index (χ4v) is 4.61. The number of nitrogens with one attached hydrogen (secondary N) is 1.